The van der Waals surface area contributed by atoms with Gasteiger partial charge in [0.1, 0.15) is 5.71 Å². The summed E-state index contributed by atoms with van der Waals surface area (Å²) in [5.74, 6) is -0.685. The lowest BCUT2D eigenvalue weighted by Gasteiger charge is -2.11. The topological polar surface area (TPSA) is 41.5 Å². The fourth-order valence-corrected chi connectivity index (χ4v) is 1.76. The molecule has 0 saturated heterocycles. The van der Waals surface area contributed by atoms with E-state index in [2.05, 4.69) is 5.10 Å². The molecule has 2 aromatic carbocycles. The number of carbonyl (C=O) groups excluding carboxylic acids is 1. The molecule has 0 fully saturated rings. The number of amides is 1. The normalized spacial score (nSPS) is 12.0. The molecule has 1 N–H and O–H groups in total. The number of hydrazone groups is 1. The van der Waals surface area contributed by atoms with Crippen LogP contribution < -0.4 is 5.43 Å². The Kier molecular flexibility index (Phi) is 4.93. The van der Waals surface area contributed by atoms with Crippen molar-refractivity contribution in [3.8, 4) is 0 Å². The van der Waals surface area contributed by atoms with E-state index in [1.807, 2.05) is 5.43 Å². The van der Waals surface area contributed by atoms with E-state index >= 15 is 0 Å². The molecule has 3 nitrogen and oxygen atoms in total. The van der Waals surface area contributed by atoms with Crippen molar-refractivity contribution in [3.63, 3.8) is 0 Å². The van der Waals surface area contributed by atoms with Crippen LogP contribution in [0.25, 0.3) is 0 Å². The SMILES string of the molecule is O=C(N/N=C(/Cc1ccccc1)C(F)(F)F)c1ccccc1. The Morgan fingerprint density at radius 1 is 0.955 bits per heavy atom. The van der Waals surface area contributed by atoms with Gasteiger partial charge in [0, 0.05) is 12.0 Å². The number of nitrogens with one attached hydrogen (secondary N) is 1. The summed E-state index contributed by atoms with van der Waals surface area (Å²) in [6, 6.07) is 16.1. The molecule has 114 valence electrons. The van der Waals surface area contributed by atoms with Crippen molar-refractivity contribution in [3.05, 3.63) is 71.8 Å². The minimum atomic E-state index is -4.61. The minimum absolute atomic E-state index is 0.243. The van der Waals surface area contributed by atoms with Gasteiger partial charge in [-0.2, -0.15) is 18.3 Å². The molecule has 0 heterocycles. The predicted molar refractivity (Wildman–Crippen MR) is 77.5 cm³/mol. The quantitative estimate of drug-likeness (QED) is 0.681. The average Bonchev–Trinajstić information content (AvgIpc) is 2.52. The molecule has 1 amide bonds. The summed E-state index contributed by atoms with van der Waals surface area (Å²) in [5, 5.41) is 3.26. The molecule has 0 bridgehead atoms. The molecule has 0 unspecified atom stereocenters. The summed E-state index contributed by atoms with van der Waals surface area (Å²) < 4.78 is 38.9. The predicted octanol–water partition coefficient (Wildman–Crippen LogP) is 3.58. The summed E-state index contributed by atoms with van der Waals surface area (Å²) in [5.41, 5.74) is 1.61. The summed E-state index contributed by atoms with van der Waals surface area (Å²) in [6.07, 6.45) is -5.01. The van der Waals surface area contributed by atoms with Crippen molar-refractivity contribution in [2.24, 2.45) is 5.10 Å². The van der Waals surface area contributed by atoms with Gasteiger partial charge in [0.2, 0.25) is 0 Å². The molecule has 2 aromatic rings. The van der Waals surface area contributed by atoms with Crippen LogP contribution in [0.3, 0.4) is 0 Å². The van der Waals surface area contributed by atoms with Crippen LogP contribution in [0.4, 0.5) is 13.2 Å². The minimum Gasteiger partial charge on any atom is -0.267 e. The Labute approximate surface area is 125 Å². The first-order valence-corrected chi connectivity index (χ1v) is 6.50. The highest BCUT2D eigenvalue weighted by Crippen LogP contribution is 2.20. The number of carbonyl (C=O) groups is 1. The maximum absolute atomic E-state index is 13.0. The molecule has 0 atom stereocenters. The third-order valence-corrected chi connectivity index (χ3v) is 2.87. The van der Waals surface area contributed by atoms with Crippen LogP contribution in [0.5, 0.6) is 0 Å². The second-order valence-electron chi connectivity index (χ2n) is 4.53. The summed E-state index contributed by atoms with van der Waals surface area (Å²) in [6.45, 7) is 0. The van der Waals surface area contributed by atoms with Gasteiger partial charge in [0.05, 0.1) is 0 Å². The molecule has 6 heteroatoms. The maximum atomic E-state index is 13.0. The molecule has 0 aliphatic carbocycles. The van der Waals surface area contributed by atoms with E-state index in [1.165, 1.54) is 12.1 Å². The Morgan fingerprint density at radius 3 is 2.05 bits per heavy atom. The fraction of sp³-hybridized carbons (Fsp3) is 0.125. The van der Waals surface area contributed by atoms with Crippen molar-refractivity contribution in [2.45, 2.75) is 12.6 Å². The van der Waals surface area contributed by atoms with E-state index in [0.29, 0.717) is 5.56 Å². The van der Waals surface area contributed by atoms with Crippen LogP contribution in [0.15, 0.2) is 65.8 Å². The summed E-state index contributed by atoms with van der Waals surface area (Å²) in [7, 11) is 0. The van der Waals surface area contributed by atoms with Crippen LogP contribution >= 0.6 is 0 Å². The zero-order valence-electron chi connectivity index (χ0n) is 11.5. The van der Waals surface area contributed by atoms with Crippen molar-refractivity contribution in [2.75, 3.05) is 0 Å². The summed E-state index contributed by atoms with van der Waals surface area (Å²) >= 11 is 0. The zero-order valence-corrected chi connectivity index (χ0v) is 11.5. The smallest absolute Gasteiger partial charge is 0.267 e. The Hall–Kier alpha value is -2.63. The highest BCUT2D eigenvalue weighted by atomic mass is 19.4. The van der Waals surface area contributed by atoms with Crippen LogP contribution in [-0.4, -0.2) is 17.8 Å². The number of hydrogen-bond donors (Lipinski definition) is 1. The lowest BCUT2D eigenvalue weighted by molar-refractivity contribution is -0.0604. The van der Waals surface area contributed by atoms with Crippen molar-refractivity contribution in [1.82, 2.24) is 5.43 Å². The molecule has 0 saturated carbocycles. The molecule has 0 radical (unpaired) electrons. The highest BCUT2D eigenvalue weighted by Gasteiger charge is 2.36. The van der Waals surface area contributed by atoms with Gasteiger partial charge < -0.3 is 0 Å². The fourth-order valence-electron chi connectivity index (χ4n) is 1.76. The molecule has 0 aliphatic rings. The molecule has 0 spiro atoms. The Balaban J connectivity index is 2.14. The summed E-state index contributed by atoms with van der Waals surface area (Å²) in [4.78, 5) is 11.7. The number of hydrogen-bond acceptors (Lipinski definition) is 2. The van der Waals surface area contributed by atoms with Gasteiger partial charge in [0.15, 0.2) is 0 Å². The van der Waals surface area contributed by atoms with Crippen LogP contribution in [-0.2, 0) is 6.42 Å². The number of alkyl halides is 3. The van der Waals surface area contributed by atoms with Gasteiger partial charge in [0.25, 0.3) is 5.91 Å². The van der Waals surface area contributed by atoms with Gasteiger partial charge in [-0.25, -0.2) is 5.43 Å². The molecular weight excluding hydrogens is 293 g/mol. The zero-order chi connectivity index (χ0) is 16.0. The van der Waals surface area contributed by atoms with E-state index in [9.17, 15) is 18.0 Å². The van der Waals surface area contributed by atoms with Crippen LogP contribution in [0, 0.1) is 0 Å². The van der Waals surface area contributed by atoms with E-state index in [0.717, 1.165) is 0 Å². The first kappa shape index (κ1) is 15.8. The third-order valence-electron chi connectivity index (χ3n) is 2.87. The Bertz CT molecular complexity index is 652. The van der Waals surface area contributed by atoms with Gasteiger partial charge >= 0.3 is 6.18 Å². The highest BCUT2D eigenvalue weighted by molar-refractivity contribution is 5.97. The molecular formula is C16H13F3N2O. The van der Waals surface area contributed by atoms with Crippen molar-refractivity contribution >= 4 is 11.6 Å². The first-order chi connectivity index (χ1) is 10.5. The largest absolute Gasteiger partial charge is 0.431 e. The first-order valence-electron chi connectivity index (χ1n) is 6.50. The Morgan fingerprint density at radius 2 is 1.50 bits per heavy atom. The second-order valence-corrected chi connectivity index (χ2v) is 4.53. The van der Waals surface area contributed by atoms with E-state index < -0.39 is 24.2 Å². The molecule has 0 aromatic heterocycles. The van der Waals surface area contributed by atoms with Crippen molar-refractivity contribution in [1.29, 1.82) is 0 Å². The second kappa shape index (κ2) is 6.89. The number of rotatable bonds is 4. The third kappa shape index (κ3) is 4.44. The van der Waals surface area contributed by atoms with E-state index in [-0.39, 0.29) is 5.56 Å². The molecule has 22 heavy (non-hydrogen) atoms. The van der Waals surface area contributed by atoms with Gasteiger partial charge in [-0.3, -0.25) is 4.79 Å². The number of halogens is 3. The molecule has 2 rings (SSSR count). The van der Waals surface area contributed by atoms with Crippen molar-refractivity contribution < 1.29 is 18.0 Å². The monoisotopic (exact) mass is 306 g/mol. The van der Waals surface area contributed by atoms with Gasteiger partial charge in [-0.05, 0) is 17.7 Å². The van der Waals surface area contributed by atoms with Crippen LogP contribution in [0.1, 0.15) is 15.9 Å². The van der Waals surface area contributed by atoms with Crippen LogP contribution in [0.2, 0.25) is 0 Å². The van der Waals surface area contributed by atoms with E-state index in [4.69, 9.17) is 0 Å². The molecule has 0 aliphatic heterocycles. The number of nitrogens with zero attached hydrogens (tertiary/aromatic N) is 1. The lowest BCUT2D eigenvalue weighted by Crippen LogP contribution is -2.29. The standard InChI is InChI=1S/C16H13F3N2O/c17-16(18,19)14(11-12-7-3-1-4-8-12)20-21-15(22)13-9-5-2-6-10-13/h1-10H,11H2,(H,21,22)/b20-14-. The lowest BCUT2D eigenvalue weighted by atomic mass is 10.1. The average molecular weight is 306 g/mol. The maximum Gasteiger partial charge on any atom is 0.431 e. The van der Waals surface area contributed by atoms with Gasteiger partial charge in [-0.1, -0.05) is 48.5 Å². The van der Waals surface area contributed by atoms with E-state index in [1.54, 1.807) is 48.5 Å². The number of benzene rings is 2. The van der Waals surface area contributed by atoms with Gasteiger partial charge in [-0.15, -0.1) is 0 Å².